The summed E-state index contributed by atoms with van der Waals surface area (Å²) < 4.78 is 9.64. The Bertz CT molecular complexity index is 924. The molecule has 3 rings (SSSR count). The summed E-state index contributed by atoms with van der Waals surface area (Å²) in [6.07, 6.45) is 2.41. The molecule has 3 aromatic rings. The Balaban J connectivity index is 1.75. The van der Waals surface area contributed by atoms with Gasteiger partial charge >= 0.3 is 6.16 Å². The molecule has 0 spiro atoms. The zero-order valence-corrected chi connectivity index (χ0v) is 14.5. The number of ether oxygens (including phenoxy) is 2. The average molecular weight is 354 g/mol. The molecule has 0 saturated carbocycles. The lowest BCUT2D eigenvalue weighted by Crippen LogP contribution is -2.08. The maximum Gasteiger partial charge on any atom is 0.513 e. The second kappa shape index (κ2) is 7.51. The quantitative estimate of drug-likeness (QED) is 0.471. The van der Waals surface area contributed by atoms with Crippen LogP contribution in [0.4, 0.5) is 27.9 Å². The normalized spacial score (nSPS) is 10.3. The molecule has 2 aromatic heterocycles. The summed E-state index contributed by atoms with van der Waals surface area (Å²) in [6, 6.07) is 7.21. The van der Waals surface area contributed by atoms with E-state index in [4.69, 9.17) is 4.74 Å². The molecule has 0 saturated heterocycles. The number of aromatic nitrogens is 4. The Kier molecular flexibility index (Phi) is 4.97. The summed E-state index contributed by atoms with van der Waals surface area (Å²) in [6.45, 7) is 3.74. The minimum Gasteiger partial charge on any atom is -0.437 e. The largest absolute Gasteiger partial charge is 0.513 e. The Labute approximate surface area is 149 Å². The molecule has 134 valence electrons. The van der Waals surface area contributed by atoms with Crippen molar-refractivity contribution in [2.24, 2.45) is 0 Å². The van der Waals surface area contributed by atoms with Gasteiger partial charge in [0.1, 0.15) is 5.75 Å². The van der Waals surface area contributed by atoms with Gasteiger partial charge in [-0.1, -0.05) is 6.07 Å². The second-order valence-electron chi connectivity index (χ2n) is 5.51. The van der Waals surface area contributed by atoms with Crippen LogP contribution in [-0.2, 0) is 4.74 Å². The molecule has 9 heteroatoms. The fourth-order valence-electron chi connectivity index (χ4n) is 2.17. The van der Waals surface area contributed by atoms with Crippen LogP contribution in [0.1, 0.15) is 11.3 Å². The number of benzene rings is 1. The Morgan fingerprint density at radius 2 is 1.85 bits per heavy atom. The number of nitrogens with one attached hydrogen (secondary N) is 3. The molecule has 0 atom stereocenters. The highest BCUT2D eigenvalue weighted by atomic mass is 16.7. The van der Waals surface area contributed by atoms with Gasteiger partial charge in [-0.05, 0) is 25.5 Å². The Morgan fingerprint density at radius 1 is 1.08 bits per heavy atom. The van der Waals surface area contributed by atoms with E-state index in [1.54, 1.807) is 18.5 Å². The number of hydrogen-bond acceptors (Lipinski definition) is 8. The minimum atomic E-state index is -0.773. The Morgan fingerprint density at radius 3 is 2.54 bits per heavy atom. The van der Waals surface area contributed by atoms with Crippen LogP contribution in [0.5, 0.6) is 5.75 Å². The minimum absolute atomic E-state index is 0.399. The lowest BCUT2D eigenvalue weighted by Gasteiger charge is -2.11. The first-order valence-corrected chi connectivity index (χ1v) is 7.78. The molecule has 0 amide bonds. The topological polar surface area (TPSA) is 114 Å². The van der Waals surface area contributed by atoms with Gasteiger partial charge in [-0.25, -0.2) is 9.78 Å². The van der Waals surface area contributed by atoms with E-state index in [0.717, 1.165) is 11.3 Å². The highest BCUT2D eigenvalue weighted by molar-refractivity contribution is 5.67. The van der Waals surface area contributed by atoms with Crippen LogP contribution in [0.25, 0.3) is 0 Å². The maximum absolute atomic E-state index is 11.3. The fraction of sp³-hybridized carbons (Fsp3) is 0.176. The van der Waals surface area contributed by atoms with Crippen LogP contribution >= 0.6 is 0 Å². The first-order valence-electron chi connectivity index (χ1n) is 7.78. The molecular formula is C17H18N6O3. The van der Waals surface area contributed by atoms with E-state index in [1.165, 1.54) is 7.11 Å². The lowest BCUT2D eigenvalue weighted by molar-refractivity contribution is 0.121. The van der Waals surface area contributed by atoms with Crippen LogP contribution in [-0.4, -0.2) is 33.4 Å². The molecule has 3 N–H and O–H groups in total. The molecule has 1 aromatic carbocycles. The number of methoxy groups -OCH3 is 1. The van der Waals surface area contributed by atoms with Crippen molar-refractivity contribution in [2.45, 2.75) is 13.8 Å². The fourth-order valence-corrected chi connectivity index (χ4v) is 2.17. The number of anilines is 4. The third-order valence-electron chi connectivity index (χ3n) is 3.42. The number of rotatable bonds is 5. The van der Waals surface area contributed by atoms with Gasteiger partial charge in [0, 0.05) is 23.5 Å². The van der Waals surface area contributed by atoms with Crippen LogP contribution < -0.4 is 15.4 Å². The molecule has 9 nitrogen and oxygen atoms in total. The molecule has 0 bridgehead atoms. The number of aryl methyl sites for hydroxylation is 2. The van der Waals surface area contributed by atoms with Gasteiger partial charge in [-0.3, -0.25) is 10.1 Å². The number of aromatic amines is 1. The van der Waals surface area contributed by atoms with Gasteiger partial charge in [0.15, 0.2) is 17.5 Å². The van der Waals surface area contributed by atoms with E-state index in [9.17, 15) is 4.79 Å². The van der Waals surface area contributed by atoms with Gasteiger partial charge in [0.25, 0.3) is 0 Å². The highest BCUT2D eigenvalue weighted by Gasteiger charge is 2.09. The molecule has 0 fully saturated rings. The van der Waals surface area contributed by atoms with Gasteiger partial charge < -0.3 is 20.1 Å². The predicted octanol–water partition coefficient (Wildman–Crippen LogP) is 3.45. The standard InChI is InChI=1S/C17H18N6O3/c1-10-4-5-12(7-13(10)26-17(24)25-3)19-15-8-18-9-16(21-15)20-14-6-11(2)22-23-14/h4-9H,1-3H3,(H3,19,20,21,22,23). The first kappa shape index (κ1) is 17.2. The summed E-state index contributed by atoms with van der Waals surface area (Å²) in [4.78, 5) is 19.9. The summed E-state index contributed by atoms with van der Waals surface area (Å²) in [5, 5.41) is 13.1. The zero-order chi connectivity index (χ0) is 18.5. The first-order chi connectivity index (χ1) is 12.5. The third-order valence-corrected chi connectivity index (χ3v) is 3.42. The Hall–Kier alpha value is -3.62. The third kappa shape index (κ3) is 4.26. The molecular weight excluding hydrogens is 336 g/mol. The van der Waals surface area contributed by atoms with Crippen LogP contribution in [0, 0.1) is 13.8 Å². The van der Waals surface area contributed by atoms with Gasteiger partial charge in [-0.2, -0.15) is 5.10 Å². The van der Waals surface area contributed by atoms with Crippen LogP contribution in [0.2, 0.25) is 0 Å². The van der Waals surface area contributed by atoms with Crippen molar-refractivity contribution in [3.8, 4) is 5.75 Å². The van der Waals surface area contributed by atoms with Crippen LogP contribution in [0.3, 0.4) is 0 Å². The van der Waals surface area contributed by atoms with Crippen molar-refractivity contribution in [1.82, 2.24) is 20.2 Å². The van der Waals surface area contributed by atoms with Crippen molar-refractivity contribution in [3.05, 3.63) is 47.9 Å². The van der Waals surface area contributed by atoms with Crippen molar-refractivity contribution >= 4 is 29.3 Å². The number of carbonyl (C=O) groups excluding carboxylic acids is 1. The lowest BCUT2D eigenvalue weighted by atomic mass is 10.2. The zero-order valence-electron chi connectivity index (χ0n) is 14.5. The summed E-state index contributed by atoms with van der Waals surface area (Å²) in [5.41, 5.74) is 2.43. The molecule has 2 heterocycles. The van der Waals surface area contributed by atoms with Crippen molar-refractivity contribution in [2.75, 3.05) is 17.7 Å². The predicted molar refractivity (Wildman–Crippen MR) is 96.1 cm³/mol. The molecule has 26 heavy (non-hydrogen) atoms. The molecule has 0 unspecified atom stereocenters. The second-order valence-corrected chi connectivity index (χ2v) is 5.51. The van der Waals surface area contributed by atoms with Crippen LogP contribution in [0.15, 0.2) is 36.7 Å². The number of nitrogens with zero attached hydrogens (tertiary/aromatic N) is 3. The number of carbonyl (C=O) groups is 1. The average Bonchev–Trinajstić information content (AvgIpc) is 3.03. The van der Waals surface area contributed by atoms with E-state index >= 15 is 0 Å². The van der Waals surface area contributed by atoms with Gasteiger partial charge in [0.2, 0.25) is 0 Å². The van der Waals surface area contributed by atoms with Crippen molar-refractivity contribution < 1.29 is 14.3 Å². The summed E-state index contributed by atoms with van der Waals surface area (Å²) >= 11 is 0. The number of H-pyrrole nitrogens is 1. The van der Waals surface area contributed by atoms with E-state index in [-0.39, 0.29) is 0 Å². The SMILES string of the molecule is COC(=O)Oc1cc(Nc2cncc(Nc3cc(C)[nH]n3)n2)ccc1C. The smallest absolute Gasteiger partial charge is 0.437 e. The van der Waals surface area contributed by atoms with E-state index in [1.807, 2.05) is 32.0 Å². The highest BCUT2D eigenvalue weighted by Crippen LogP contribution is 2.25. The van der Waals surface area contributed by atoms with Crippen molar-refractivity contribution in [3.63, 3.8) is 0 Å². The monoisotopic (exact) mass is 354 g/mol. The summed E-state index contributed by atoms with van der Waals surface area (Å²) in [5.74, 6) is 2.11. The van der Waals surface area contributed by atoms with E-state index in [2.05, 4.69) is 35.5 Å². The molecule has 0 aliphatic rings. The summed E-state index contributed by atoms with van der Waals surface area (Å²) in [7, 11) is 1.26. The molecule has 0 aliphatic carbocycles. The van der Waals surface area contributed by atoms with E-state index in [0.29, 0.717) is 28.9 Å². The maximum atomic E-state index is 11.3. The van der Waals surface area contributed by atoms with E-state index < -0.39 is 6.16 Å². The van der Waals surface area contributed by atoms with Gasteiger partial charge in [-0.15, -0.1) is 0 Å². The van der Waals surface area contributed by atoms with Gasteiger partial charge in [0.05, 0.1) is 19.5 Å². The molecule has 0 radical (unpaired) electrons. The molecule has 0 aliphatic heterocycles. The number of hydrogen-bond donors (Lipinski definition) is 3. The van der Waals surface area contributed by atoms with Crippen molar-refractivity contribution in [1.29, 1.82) is 0 Å².